The van der Waals surface area contributed by atoms with Crippen molar-refractivity contribution in [1.82, 2.24) is 10.2 Å². The second-order valence-electron chi connectivity index (χ2n) is 5.77. The lowest BCUT2D eigenvalue weighted by Crippen LogP contribution is -2.33. The van der Waals surface area contributed by atoms with Gasteiger partial charge < -0.3 is 4.74 Å². The Labute approximate surface area is 135 Å². The van der Waals surface area contributed by atoms with Crippen molar-refractivity contribution in [1.29, 1.82) is 0 Å². The summed E-state index contributed by atoms with van der Waals surface area (Å²) in [6.45, 7) is 2.79. The molecule has 1 N–H and O–H groups in total. The SMILES string of the molecule is CC1(C(=O)Nc2nnc(Cc3cc(F)cc(F)c3)s2)CCOC1. The molecular weight excluding hydrogens is 324 g/mol. The topological polar surface area (TPSA) is 64.1 Å². The summed E-state index contributed by atoms with van der Waals surface area (Å²) >= 11 is 1.19. The number of aromatic nitrogens is 2. The molecule has 1 unspecified atom stereocenters. The molecule has 0 radical (unpaired) electrons. The fourth-order valence-corrected chi connectivity index (χ4v) is 3.13. The summed E-state index contributed by atoms with van der Waals surface area (Å²) in [4.78, 5) is 12.2. The van der Waals surface area contributed by atoms with E-state index in [4.69, 9.17) is 4.74 Å². The van der Waals surface area contributed by atoms with Crippen LogP contribution in [0.15, 0.2) is 18.2 Å². The van der Waals surface area contributed by atoms with E-state index in [0.29, 0.717) is 35.3 Å². The zero-order valence-electron chi connectivity index (χ0n) is 12.4. The number of carbonyl (C=O) groups is 1. The molecule has 1 aromatic heterocycles. The van der Waals surface area contributed by atoms with Crippen LogP contribution >= 0.6 is 11.3 Å². The average molecular weight is 339 g/mol. The van der Waals surface area contributed by atoms with Gasteiger partial charge in [-0.2, -0.15) is 0 Å². The van der Waals surface area contributed by atoms with Crippen molar-refractivity contribution in [3.8, 4) is 0 Å². The number of nitrogens with zero attached hydrogens (tertiary/aromatic N) is 2. The van der Waals surface area contributed by atoms with Gasteiger partial charge in [0, 0.05) is 19.1 Å². The fraction of sp³-hybridized carbons (Fsp3) is 0.400. The second-order valence-corrected chi connectivity index (χ2v) is 6.83. The standard InChI is InChI=1S/C15H15F2N3O2S/c1-15(2-3-22-8-15)13(21)18-14-20-19-12(23-14)6-9-4-10(16)7-11(17)5-9/h4-5,7H,2-3,6,8H2,1H3,(H,18,20,21). The van der Waals surface area contributed by atoms with Crippen molar-refractivity contribution in [2.45, 2.75) is 19.8 Å². The molecule has 5 nitrogen and oxygen atoms in total. The molecule has 1 atom stereocenters. The Morgan fingerprint density at radius 2 is 2.09 bits per heavy atom. The quantitative estimate of drug-likeness (QED) is 0.930. The van der Waals surface area contributed by atoms with Crippen molar-refractivity contribution >= 4 is 22.4 Å². The third-order valence-electron chi connectivity index (χ3n) is 3.73. The number of nitrogens with one attached hydrogen (secondary N) is 1. The monoisotopic (exact) mass is 339 g/mol. The van der Waals surface area contributed by atoms with Gasteiger partial charge in [-0.1, -0.05) is 11.3 Å². The van der Waals surface area contributed by atoms with Crippen LogP contribution in [0.1, 0.15) is 23.9 Å². The lowest BCUT2D eigenvalue weighted by atomic mass is 9.89. The Balaban J connectivity index is 1.67. The molecule has 0 saturated carbocycles. The van der Waals surface area contributed by atoms with E-state index in [1.807, 2.05) is 6.92 Å². The molecule has 23 heavy (non-hydrogen) atoms. The highest BCUT2D eigenvalue weighted by Gasteiger charge is 2.37. The number of benzene rings is 1. The molecule has 1 aliphatic rings. The Hall–Kier alpha value is -1.93. The van der Waals surface area contributed by atoms with Crippen LogP contribution in [0.2, 0.25) is 0 Å². The summed E-state index contributed by atoms with van der Waals surface area (Å²) in [5, 5.41) is 11.5. The Morgan fingerprint density at radius 3 is 2.74 bits per heavy atom. The number of rotatable bonds is 4. The highest BCUT2D eigenvalue weighted by molar-refractivity contribution is 7.15. The minimum atomic E-state index is -0.632. The van der Waals surface area contributed by atoms with Crippen molar-refractivity contribution in [3.63, 3.8) is 0 Å². The maximum Gasteiger partial charge on any atom is 0.234 e. The zero-order valence-corrected chi connectivity index (χ0v) is 13.3. The van der Waals surface area contributed by atoms with Gasteiger partial charge in [0.1, 0.15) is 16.6 Å². The van der Waals surface area contributed by atoms with Gasteiger partial charge in [0.15, 0.2) is 0 Å². The minimum absolute atomic E-state index is 0.158. The van der Waals surface area contributed by atoms with E-state index in [1.165, 1.54) is 23.5 Å². The van der Waals surface area contributed by atoms with Crippen molar-refractivity contribution < 1.29 is 18.3 Å². The molecule has 1 fully saturated rings. The molecule has 122 valence electrons. The molecule has 0 aliphatic carbocycles. The van der Waals surface area contributed by atoms with Crippen LogP contribution in [0.25, 0.3) is 0 Å². The van der Waals surface area contributed by atoms with Crippen LogP contribution in [0, 0.1) is 17.0 Å². The van der Waals surface area contributed by atoms with Gasteiger partial charge in [0.2, 0.25) is 11.0 Å². The Morgan fingerprint density at radius 1 is 1.35 bits per heavy atom. The fourth-order valence-electron chi connectivity index (χ4n) is 2.36. The highest BCUT2D eigenvalue weighted by Crippen LogP contribution is 2.30. The number of carbonyl (C=O) groups excluding carboxylic acids is 1. The number of hydrogen-bond acceptors (Lipinski definition) is 5. The number of anilines is 1. The molecule has 1 saturated heterocycles. The number of hydrogen-bond donors (Lipinski definition) is 1. The summed E-state index contributed by atoms with van der Waals surface area (Å²) in [5.74, 6) is -1.42. The average Bonchev–Trinajstić information content (AvgIpc) is 3.08. The molecule has 0 bridgehead atoms. The predicted molar refractivity (Wildman–Crippen MR) is 81.2 cm³/mol. The van der Waals surface area contributed by atoms with Gasteiger partial charge in [-0.3, -0.25) is 10.1 Å². The first kappa shape index (κ1) is 15.9. The molecule has 1 amide bonds. The van der Waals surface area contributed by atoms with Crippen molar-refractivity contribution in [2.24, 2.45) is 5.41 Å². The maximum atomic E-state index is 13.2. The molecular formula is C15H15F2N3O2S. The van der Waals surface area contributed by atoms with E-state index in [2.05, 4.69) is 15.5 Å². The van der Waals surface area contributed by atoms with Gasteiger partial charge in [-0.15, -0.1) is 10.2 Å². The van der Waals surface area contributed by atoms with E-state index >= 15 is 0 Å². The van der Waals surface area contributed by atoms with Crippen LogP contribution < -0.4 is 5.32 Å². The van der Waals surface area contributed by atoms with Crippen molar-refractivity contribution in [3.05, 3.63) is 40.4 Å². The van der Waals surface area contributed by atoms with E-state index < -0.39 is 17.0 Å². The normalized spacial score (nSPS) is 20.7. The maximum absolute atomic E-state index is 13.2. The van der Waals surface area contributed by atoms with Crippen molar-refractivity contribution in [2.75, 3.05) is 18.5 Å². The molecule has 0 spiro atoms. The van der Waals surface area contributed by atoms with E-state index in [-0.39, 0.29) is 12.3 Å². The largest absolute Gasteiger partial charge is 0.380 e. The summed E-state index contributed by atoms with van der Waals surface area (Å²) in [6, 6.07) is 3.32. The molecule has 3 rings (SSSR count). The summed E-state index contributed by atoms with van der Waals surface area (Å²) < 4.78 is 31.6. The van der Waals surface area contributed by atoms with Crippen LogP contribution in [0.5, 0.6) is 0 Å². The number of halogens is 2. The predicted octanol–water partition coefficient (Wildman–Crippen LogP) is 2.77. The summed E-state index contributed by atoms with van der Waals surface area (Å²) in [6.07, 6.45) is 0.912. The van der Waals surface area contributed by atoms with Crippen LogP contribution in [-0.4, -0.2) is 29.3 Å². The zero-order chi connectivity index (χ0) is 16.4. The second kappa shape index (κ2) is 6.29. The van der Waals surface area contributed by atoms with E-state index in [1.54, 1.807) is 0 Å². The first-order valence-electron chi connectivity index (χ1n) is 7.11. The minimum Gasteiger partial charge on any atom is -0.380 e. The number of ether oxygens (including phenoxy) is 1. The highest BCUT2D eigenvalue weighted by atomic mass is 32.1. The molecule has 2 aromatic rings. The third kappa shape index (κ3) is 3.70. The lowest BCUT2D eigenvalue weighted by molar-refractivity contribution is -0.124. The Kier molecular flexibility index (Phi) is 4.36. The van der Waals surface area contributed by atoms with Crippen LogP contribution in [0.3, 0.4) is 0 Å². The van der Waals surface area contributed by atoms with Gasteiger partial charge >= 0.3 is 0 Å². The van der Waals surface area contributed by atoms with Crippen LogP contribution in [-0.2, 0) is 16.0 Å². The summed E-state index contributed by atoms with van der Waals surface area (Å²) in [5.41, 5.74) is -0.0926. The Bertz CT molecular complexity index is 709. The van der Waals surface area contributed by atoms with Gasteiger partial charge in [0.25, 0.3) is 0 Å². The number of amides is 1. The van der Waals surface area contributed by atoms with Gasteiger partial charge in [0.05, 0.1) is 12.0 Å². The van der Waals surface area contributed by atoms with E-state index in [0.717, 1.165) is 6.07 Å². The van der Waals surface area contributed by atoms with E-state index in [9.17, 15) is 13.6 Å². The first-order chi connectivity index (χ1) is 10.9. The van der Waals surface area contributed by atoms with Crippen LogP contribution in [0.4, 0.5) is 13.9 Å². The molecule has 1 aliphatic heterocycles. The smallest absolute Gasteiger partial charge is 0.234 e. The lowest BCUT2D eigenvalue weighted by Gasteiger charge is -2.19. The molecule has 2 heterocycles. The third-order valence-corrected chi connectivity index (χ3v) is 4.57. The van der Waals surface area contributed by atoms with Gasteiger partial charge in [-0.05, 0) is 31.0 Å². The van der Waals surface area contributed by atoms with Gasteiger partial charge in [-0.25, -0.2) is 8.78 Å². The first-order valence-corrected chi connectivity index (χ1v) is 7.93. The summed E-state index contributed by atoms with van der Waals surface area (Å²) in [7, 11) is 0. The molecule has 8 heteroatoms. The molecule has 1 aromatic carbocycles.